The van der Waals surface area contributed by atoms with Crippen LogP contribution in [0.25, 0.3) is 65.7 Å². The van der Waals surface area contributed by atoms with Gasteiger partial charge in [-0.1, -0.05) is 164 Å². The molecule has 59 heavy (non-hydrogen) atoms. The first-order chi connectivity index (χ1) is 29.2. The molecule has 282 valence electrons. The highest BCUT2D eigenvalue weighted by Gasteiger charge is 2.27. The van der Waals surface area contributed by atoms with Crippen LogP contribution in [-0.2, 0) is 0 Å². The van der Waals surface area contributed by atoms with Gasteiger partial charge in [-0.2, -0.15) is 12.6 Å². The van der Waals surface area contributed by atoms with Crippen molar-refractivity contribution in [2.45, 2.75) is 24.0 Å². The number of aromatic nitrogens is 1. The summed E-state index contributed by atoms with van der Waals surface area (Å²) in [5.41, 5.74) is 13.4. The highest BCUT2D eigenvalue weighted by atomic mass is 32.1. The fourth-order valence-corrected chi connectivity index (χ4v) is 9.84. The van der Waals surface area contributed by atoms with Crippen LogP contribution in [0.3, 0.4) is 0 Å². The van der Waals surface area contributed by atoms with E-state index < -0.39 is 0 Å². The van der Waals surface area contributed by atoms with Gasteiger partial charge in [-0.3, -0.25) is 0 Å². The van der Waals surface area contributed by atoms with Crippen molar-refractivity contribution in [3.8, 4) is 16.8 Å². The summed E-state index contributed by atoms with van der Waals surface area (Å²) < 4.78 is 2.44. The molecule has 0 saturated carbocycles. The Morgan fingerprint density at radius 1 is 0.559 bits per heavy atom. The van der Waals surface area contributed by atoms with Crippen LogP contribution >= 0.6 is 12.6 Å². The van der Waals surface area contributed by atoms with Crippen molar-refractivity contribution in [3.63, 3.8) is 0 Å². The second kappa shape index (κ2) is 14.8. The molecule has 1 heterocycles. The monoisotopic (exact) mass is 774 g/mol. The lowest BCUT2D eigenvalue weighted by atomic mass is 9.89. The smallest absolute Gasteiger partial charge is 0.0547 e. The summed E-state index contributed by atoms with van der Waals surface area (Å²) in [4.78, 5) is 2.53. The largest absolute Gasteiger partial charge is 0.314 e. The third kappa shape index (κ3) is 6.21. The topological polar surface area (TPSA) is 8.17 Å². The van der Waals surface area contributed by atoms with E-state index in [2.05, 4.69) is 222 Å². The van der Waals surface area contributed by atoms with Crippen LogP contribution in [0.15, 0.2) is 218 Å². The number of allylic oxidation sites excluding steroid dienone is 7. The van der Waals surface area contributed by atoms with Crippen molar-refractivity contribution in [1.82, 2.24) is 4.57 Å². The zero-order valence-electron chi connectivity index (χ0n) is 32.6. The number of nitrogens with zero attached hydrogens (tertiary/aromatic N) is 2. The second-order valence-corrected chi connectivity index (χ2v) is 16.3. The van der Waals surface area contributed by atoms with Gasteiger partial charge < -0.3 is 9.47 Å². The highest BCUT2D eigenvalue weighted by Crippen LogP contribution is 2.45. The predicted molar refractivity (Wildman–Crippen MR) is 255 cm³/mol. The molecule has 0 N–H and O–H groups in total. The Hall–Kier alpha value is -6.81. The molecule has 2 atom stereocenters. The van der Waals surface area contributed by atoms with Gasteiger partial charge in [-0.25, -0.2) is 0 Å². The van der Waals surface area contributed by atoms with Gasteiger partial charge in [-0.05, 0) is 111 Å². The number of hydrogen-bond donors (Lipinski definition) is 1. The van der Waals surface area contributed by atoms with E-state index >= 15 is 0 Å². The van der Waals surface area contributed by atoms with E-state index in [1.165, 1.54) is 82.6 Å². The molecule has 3 heteroatoms. The van der Waals surface area contributed by atoms with E-state index in [-0.39, 0.29) is 11.2 Å². The quantitative estimate of drug-likeness (QED) is 0.125. The number of hydrogen-bond acceptors (Lipinski definition) is 2. The summed E-state index contributed by atoms with van der Waals surface area (Å²) in [7, 11) is 0. The molecule has 0 spiro atoms. The lowest BCUT2D eigenvalue weighted by molar-refractivity contribution is 0.860. The molecule has 0 bridgehead atoms. The Morgan fingerprint density at radius 3 is 2.19 bits per heavy atom. The highest BCUT2D eigenvalue weighted by molar-refractivity contribution is 7.81. The number of para-hydroxylation sites is 2. The average molecular weight is 775 g/mol. The van der Waals surface area contributed by atoms with Gasteiger partial charge in [0.05, 0.1) is 11.0 Å². The minimum absolute atomic E-state index is 0.0868. The summed E-state index contributed by atoms with van der Waals surface area (Å²) >= 11 is 5.08. The summed E-state index contributed by atoms with van der Waals surface area (Å²) in [5, 5.41) is 7.65. The normalized spacial score (nSPS) is 16.5. The van der Waals surface area contributed by atoms with Crippen molar-refractivity contribution in [1.29, 1.82) is 0 Å². The van der Waals surface area contributed by atoms with Gasteiger partial charge in [0.2, 0.25) is 0 Å². The van der Waals surface area contributed by atoms with Gasteiger partial charge >= 0.3 is 0 Å². The van der Waals surface area contributed by atoms with Crippen molar-refractivity contribution in [2.75, 3.05) is 4.90 Å². The Labute approximate surface area is 350 Å². The van der Waals surface area contributed by atoms with Crippen molar-refractivity contribution >= 4 is 72.9 Å². The summed E-state index contributed by atoms with van der Waals surface area (Å²) in [6.45, 7) is 0. The molecule has 9 aromatic rings. The van der Waals surface area contributed by atoms with Crippen LogP contribution in [0.1, 0.15) is 29.9 Å². The van der Waals surface area contributed by atoms with E-state index in [0.29, 0.717) is 0 Å². The molecule has 2 aliphatic rings. The summed E-state index contributed by atoms with van der Waals surface area (Å²) in [5.74, 6) is 0.143. The number of rotatable bonds is 7. The Bertz CT molecular complexity index is 3180. The lowest BCUT2D eigenvalue weighted by Gasteiger charge is -2.34. The van der Waals surface area contributed by atoms with Crippen molar-refractivity contribution < 1.29 is 0 Å². The van der Waals surface area contributed by atoms with Crippen LogP contribution in [0.4, 0.5) is 11.4 Å². The molecule has 0 saturated heterocycles. The maximum absolute atomic E-state index is 5.08. The fourth-order valence-electron chi connectivity index (χ4n) is 9.48. The van der Waals surface area contributed by atoms with Crippen molar-refractivity contribution in [3.05, 3.63) is 229 Å². The van der Waals surface area contributed by atoms with E-state index in [4.69, 9.17) is 12.6 Å². The van der Waals surface area contributed by atoms with E-state index in [9.17, 15) is 0 Å². The van der Waals surface area contributed by atoms with E-state index in [0.717, 1.165) is 24.2 Å². The molecule has 0 amide bonds. The Kier molecular flexibility index (Phi) is 8.90. The molecule has 2 unspecified atom stereocenters. The van der Waals surface area contributed by atoms with E-state index in [1.54, 1.807) is 0 Å². The van der Waals surface area contributed by atoms with Gasteiger partial charge in [0.25, 0.3) is 0 Å². The van der Waals surface area contributed by atoms with Gasteiger partial charge in [0, 0.05) is 44.7 Å². The third-order valence-electron chi connectivity index (χ3n) is 12.2. The van der Waals surface area contributed by atoms with Crippen molar-refractivity contribution in [2.24, 2.45) is 0 Å². The first kappa shape index (κ1) is 35.4. The first-order valence-corrected chi connectivity index (χ1v) is 21.1. The second-order valence-electron chi connectivity index (χ2n) is 15.7. The Balaban J connectivity index is 1.11. The fraction of sp³-hybridized carbons (Fsp3) is 0.0714. The average Bonchev–Trinajstić information content (AvgIpc) is 3.64. The van der Waals surface area contributed by atoms with E-state index in [1.807, 2.05) is 0 Å². The lowest BCUT2D eigenvalue weighted by Crippen LogP contribution is -2.21. The van der Waals surface area contributed by atoms with Gasteiger partial charge in [0.15, 0.2) is 0 Å². The molecule has 8 aromatic carbocycles. The third-order valence-corrected chi connectivity index (χ3v) is 12.7. The molecule has 2 nitrogen and oxygen atoms in total. The standard InChI is InChI=1S/C56H42N2S/c59-55-28-12-10-24-50(55)49-23-9-11-26-52(49)57(45-32-34-47-42(36-45)30-29-39-17-7-8-22-46(39)47)44-21-13-18-41(35-44)48-25-14-27-53-56(48)51-33-31-40(38-15-3-1-4-16-38)37-54(51)58(53)43-19-5-2-6-20-43/h1-12,14-20,22-37,50,55,59H,13,21H2. The summed E-state index contributed by atoms with van der Waals surface area (Å²) in [6.07, 6.45) is 15.5. The van der Waals surface area contributed by atoms with Crippen LogP contribution in [0.2, 0.25) is 0 Å². The number of benzene rings is 8. The minimum Gasteiger partial charge on any atom is -0.314 e. The maximum atomic E-state index is 5.08. The van der Waals surface area contributed by atoms with Gasteiger partial charge in [0.1, 0.15) is 0 Å². The number of thiol groups is 1. The predicted octanol–water partition coefficient (Wildman–Crippen LogP) is 15.2. The first-order valence-electron chi connectivity index (χ1n) is 20.6. The molecule has 0 radical (unpaired) electrons. The zero-order chi connectivity index (χ0) is 39.3. The number of fused-ring (bicyclic) bond motifs is 6. The summed E-state index contributed by atoms with van der Waals surface area (Å²) in [6, 6.07) is 64.5. The minimum atomic E-state index is 0.0868. The SMILES string of the molecule is SC1C=CC=CC1c1ccccc1N(C1=CC(c2cccc3c2c2ccc(-c4ccccc4)cc2n3-c2ccccc2)=CCC1)c1ccc2c(ccc3ccccc32)c1. The molecule has 11 rings (SSSR count). The molecule has 1 aromatic heterocycles. The van der Waals surface area contributed by atoms with Gasteiger partial charge in [-0.15, -0.1) is 0 Å². The molecular weight excluding hydrogens is 733 g/mol. The van der Waals surface area contributed by atoms with Crippen LogP contribution in [0, 0.1) is 0 Å². The van der Waals surface area contributed by atoms with Crippen LogP contribution in [0.5, 0.6) is 0 Å². The van der Waals surface area contributed by atoms with Crippen LogP contribution in [-0.4, -0.2) is 9.82 Å². The molecule has 0 fully saturated rings. The Morgan fingerprint density at radius 2 is 1.31 bits per heavy atom. The molecule has 0 aliphatic heterocycles. The zero-order valence-corrected chi connectivity index (χ0v) is 33.5. The molecular formula is C56H42N2S. The number of anilines is 2. The van der Waals surface area contributed by atoms with Crippen LogP contribution < -0.4 is 4.90 Å². The maximum Gasteiger partial charge on any atom is 0.0547 e. The molecule has 2 aliphatic carbocycles.